The van der Waals surface area contributed by atoms with Gasteiger partial charge in [0.2, 0.25) is 0 Å². The number of hydrogen-bond donors (Lipinski definition) is 2. The molecule has 0 aliphatic heterocycles. The fourth-order valence-corrected chi connectivity index (χ4v) is 1.89. The fraction of sp³-hybridized carbons (Fsp3) is 0.667. The van der Waals surface area contributed by atoms with Crippen LogP contribution in [0.2, 0.25) is 0 Å². The van der Waals surface area contributed by atoms with Crippen molar-refractivity contribution in [1.82, 2.24) is 15.3 Å². The minimum atomic E-state index is -3.29. The third-order valence-electron chi connectivity index (χ3n) is 2.64. The maximum absolute atomic E-state index is 11.5. The second kappa shape index (κ2) is 5.42. The Bertz CT molecular complexity index is 599. The van der Waals surface area contributed by atoms with E-state index in [1.54, 1.807) is 0 Å². The molecule has 7 heteroatoms. The molecule has 1 rings (SSSR count). The number of nitrogens with one attached hydrogen (secondary N) is 2. The first-order chi connectivity index (χ1) is 8.49. The molecule has 0 aliphatic rings. The summed E-state index contributed by atoms with van der Waals surface area (Å²) in [4.78, 5) is 18.2. The van der Waals surface area contributed by atoms with Gasteiger partial charge in [-0.3, -0.25) is 4.79 Å². The lowest BCUT2D eigenvalue weighted by Crippen LogP contribution is -2.36. The van der Waals surface area contributed by atoms with Crippen LogP contribution in [-0.2, 0) is 16.4 Å². The van der Waals surface area contributed by atoms with Crippen molar-refractivity contribution in [2.75, 3.05) is 6.26 Å². The average Bonchev–Trinajstić information content (AvgIpc) is 2.22. The smallest absolute Gasteiger partial charge is 0.251 e. The maximum Gasteiger partial charge on any atom is 0.251 e. The quantitative estimate of drug-likeness (QED) is 0.853. The highest BCUT2D eigenvalue weighted by atomic mass is 32.2. The third kappa shape index (κ3) is 5.12. The van der Waals surface area contributed by atoms with Crippen LogP contribution in [0.5, 0.6) is 0 Å². The van der Waals surface area contributed by atoms with Crippen molar-refractivity contribution in [3.8, 4) is 0 Å². The van der Waals surface area contributed by atoms with Crippen LogP contribution < -0.4 is 10.9 Å². The van der Waals surface area contributed by atoms with Gasteiger partial charge in [0.1, 0.15) is 11.1 Å². The van der Waals surface area contributed by atoms with E-state index in [2.05, 4.69) is 15.3 Å². The zero-order valence-electron chi connectivity index (χ0n) is 11.9. The van der Waals surface area contributed by atoms with Crippen LogP contribution in [0, 0.1) is 0 Å². The van der Waals surface area contributed by atoms with Gasteiger partial charge in [-0.05, 0) is 27.7 Å². The summed E-state index contributed by atoms with van der Waals surface area (Å²) in [6.07, 6.45) is 1.12. The lowest BCUT2D eigenvalue weighted by molar-refractivity contribution is 0.420. The van der Waals surface area contributed by atoms with Crippen molar-refractivity contribution >= 4 is 9.84 Å². The molecule has 0 aromatic carbocycles. The Morgan fingerprint density at radius 1 is 1.42 bits per heavy atom. The van der Waals surface area contributed by atoms with Gasteiger partial charge in [0.15, 0.2) is 9.84 Å². The minimum Gasteiger partial charge on any atom is -0.309 e. The molecular weight excluding hydrogens is 266 g/mol. The Balaban J connectivity index is 3.05. The number of hydrogen-bond acceptors (Lipinski definition) is 5. The topological polar surface area (TPSA) is 91.9 Å². The molecular formula is C12H21N3O3S. The van der Waals surface area contributed by atoms with Crippen LogP contribution in [0.4, 0.5) is 0 Å². The van der Waals surface area contributed by atoms with Crippen molar-refractivity contribution < 1.29 is 8.42 Å². The van der Waals surface area contributed by atoms with Gasteiger partial charge in [0.05, 0.1) is 5.69 Å². The number of H-pyrrole nitrogens is 1. The van der Waals surface area contributed by atoms with Crippen molar-refractivity contribution in [2.45, 2.75) is 45.0 Å². The zero-order valence-corrected chi connectivity index (χ0v) is 12.8. The summed E-state index contributed by atoms with van der Waals surface area (Å²) in [6, 6.07) is 1.37. The molecule has 0 saturated heterocycles. The van der Waals surface area contributed by atoms with E-state index in [1.807, 2.05) is 20.8 Å². The molecule has 1 aromatic heterocycles. The van der Waals surface area contributed by atoms with Crippen LogP contribution in [0.3, 0.4) is 0 Å². The summed E-state index contributed by atoms with van der Waals surface area (Å²) in [5.74, 6) is 0.181. The SMILES string of the molecule is CC(c1nc(CNC(C)(C)C)cc(=O)[nH]1)S(C)(=O)=O. The molecule has 19 heavy (non-hydrogen) atoms. The Hall–Kier alpha value is -1.21. The van der Waals surface area contributed by atoms with Crippen LogP contribution in [0.1, 0.15) is 44.5 Å². The monoisotopic (exact) mass is 287 g/mol. The summed E-state index contributed by atoms with van der Waals surface area (Å²) >= 11 is 0. The van der Waals surface area contributed by atoms with Gasteiger partial charge < -0.3 is 10.3 Å². The fourth-order valence-electron chi connectivity index (χ4n) is 1.37. The lowest BCUT2D eigenvalue weighted by Gasteiger charge is -2.20. The molecule has 6 nitrogen and oxygen atoms in total. The maximum atomic E-state index is 11.5. The second-order valence-corrected chi connectivity index (χ2v) is 8.06. The lowest BCUT2D eigenvalue weighted by atomic mass is 10.1. The molecule has 1 heterocycles. The average molecular weight is 287 g/mol. The first-order valence-electron chi connectivity index (χ1n) is 6.03. The van der Waals surface area contributed by atoms with Crippen LogP contribution in [-0.4, -0.2) is 30.2 Å². The van der Waals surface area contributed by atoms with E-state index in [0.717, 1.165) is 6.26 Å². The predicted molar refractivity (Wildman–Crippen MR) is 74.7 cm³/mol. The Kier molecular flexibility index (Phi) is 4.52. The highest BCUT2D eigenvalue weighted by Crippen LogP contribution is 2.15. The van der Waals surface area contributed by atoms with Gasteiger partial charge in [0.25, 0.3) is 5.56 Å². The van der Waals surface area contributed by atoms with E-state index in [4.69, 9.17) is 0 Å². The van der Waals surface area contributed by atoms with Crippen LogP contribution >= 0.6 is 0 Å². The second-order valence-electron chi connectivity index (χ2n) is 5.70. The molecule has 1 atom stereocenters. The van der Waals surface area contributed by atoms with Gasteiger partial charge in [-0.25, -0.2) is 13.4 Å². The van der Waals surface area contributed by atoms with Gasteiger partial charge in [-0.1, -0.05) is 0 Å². The summed E-state index contributed by atoms with van der Waals surface area (Å²) in [5.41, 5.74) is 0.0859. The Morgan fingerprint density at radius 2 is 2.00 bits per heavy atom. The van der Waals surface area contributed by atoms with Crippen molar-refractivity contribution in [3.05, 3.63) is 27.9 Å². The molecule has 1 aromatic rings. The molecule has 0 aliphatic carbocycles. The molecule has 108 valence electrons. The van der Waals surface area contributed by atoms with Gasteiger partial charge >= 0.3 is 0 Å². The number of aromatic nitrogens is 2. The highest BCUT2D eigenvalue weighted by molar-refractivity contribution is 7.90. The number of aromatic amines is 1. The normalized spacial score (nSPS) is 14.4. The van der Waals surface area contributed by atoms with Gasteiger partial charge in [-0.2, -0.15) is 0 Å². The standard InChI is InChI=1S/C12H21N3O3S/c1-8(19(5,17)18)11-14-9(6-10(16)15-11)7-13-12(2,3)4/h6,8,13H,7H2,1-5H3,(H,14,15,16). The summed E-state index contributed by atoms with van der Waals surface area (Å²) in [7, 11) is -3.29. The Morgan fingerprint density at radius 3 is 2.47 bits per heavy atom. The molecule has 0 saturated carbocycles. The summed E-state index contributed by atoms with van der Waals surface area (Å²) < 4.78 is 23.0. The van der Waals surface area contributed by atoms with Crippen molar-refractivity contribution in [1.29, 1.82) is 0 Å². The highest BCUT2D eigenvalue weighted by Gasteiger charge is 2.20. The summed E-state index contributed by atoms with van der Waals surface area (Å²) in [6.45, 7) is 7.92. The number of rotatable bonds is 4. The first-order valence-corrected chi connectivity index (χ1v) is 7.98. The van der Waals surface area contributed by atoms with E-state index in [9.17, 15) is 13.2 Å². The number of nitrogens with zero attached hydrogens (tertiary/aromatic N) is 1. The molecule has 1 unspecified atom stereocenters. The van der Waals surface area contributed by atoms with Gasteiger partial charge in [-0.15, -0.1) is 0 Å². The predicted octanol–water partition coefficient (Wildman–Crippen LogP) is 0.764. The minimum absolute atomic E-state index is 0.104. The molecule has 0 fully saturated rings. The van der Waals surface area contributed by atoms with Crippen LogP contribution in [0.25, 0.3) is 0 Å². The van der Waals surface area contributed by atoms with Crippen molar-refractivity contribution in [2.24, 2.45) is 0 Å². The molecule has 0 spiro atoms. The third-order valence-corrected chi connectivity index (χ3v) is 4.15. The molecule has 0 radical (unpaired) electrons. The zero-order chi connectivity index (χ0) is 14.8. The van der Waals surface area contributed by atoms with E-state index in [0.29, 0.717) is 12.2 Å². The Labute approximate surface area is 113 Å². The van der Waals surface area contributed by atoms with Crippen molar-refractivity contribution in [3.63, 3.8) is 0 Å². The number of sulfone groups is 1. The molecule has 0 amide bonds. The molecule has 2 N–H and O–H groups in total. The largest absolute Gasteiger partial charge is 0.309 e. The molecule has 0 bridgehead atoms. The van der Waals surface area contributed by atoms with Gasteiger partial charge in [0, 0.05) is 24.4 Å². The van der Waals surface area contributed by atoms with Crippen LogP contribution in [0.15, 0.2) is 10.9 Å². The van der Waals surface area contributed by atoms with E-state index in [1.165, 1.54) is 13.0 Å². The van der Waals surface area contributed by atoms with E-state index in [-0.39, 0.29) is 16.9 Å². The van der Waals surface area contributed by atoms with E-state index >= 15 is 0 Å². The summed E-state index contributed by atoms with van der Waals surface area (Å²) in [5, 5.41) is 2.38. The van der Waals surface area contributed by atoms with E-state index < -0.39 is 15.1 Å². The first kappa shape index (κ1) is 15.8.